The second-order valence-electron chi connectivity index (χ2n) is 6.67. The van der Waals surface area contributed by atoms with Crippen molar-refractivity contribution in [2.45, 2.75) is 77.0 Å². The van der Waals surface area contributed by atoms with E-state index in [4.69, 9.17) is 4.74 Å². The molecule has 0 saturated heterocycles. The van der Waals surface area contributed by atoms with Crippen molar-refractivity contribution in [1.82, 2.24) is 4.90 Å². The van der Waals surface area contributed by atoms with E-state index in [2.05, 4.69) is 4.74 Å². The molecule has 1 unspecified atom stereocenters. The molecule has 5 nitrogen and oxygen atoms in total. The molecule has 1 aliphatic rings. The first-order chi connectivity index (χ1) is 9.97. The topological polar surface area (TPSA) is 55.8 Å². The first kappa shape index (κ1) is 18.6. The van der Waals surface area contributed by atoms with Crippen LogP contribution >= 0.6 is 0 Å². The smallest absolute Gasteiger partial charge is 0.411 e. The van der Waals surface area contributed by atoms with Crippen LogP contribution in [0.5, 0.6) is 0 Å². The fourth-order valence-corrected chi connectivity index (χ4v) is 2.53. The quantitative estimate of drug-likeness (QED) is 0.748. The molecule has 22 heavy (non-hydrogen) atoms. The Morgan fingerprint density at radius 3 is 2.14 bits per heavy atom. The van der Waals surface area contributed by atoms with Crippen molar-refractivity contribution >= 4 is 12.1 Å². The molecule has 0 radical (unpaired) electrons. The average molecular weight is 321 g/mol. The number of carbonyl (C=O) groups is 2. The van der Waals surface area contributed by atoms with E-state index in [0.29, 0.717) is 0 Å². The lowest BCUT2D eigenvalue weighted by atomic mass is 9.90. The van der Waals surface area contributed by atoms with Gasteiger partial charge in [-0.1, -0.05) is 0 Å². The Hall–Kier alpha value is -1.40. The van der Waals surface area contributed by atoms with Gasteiger partial charge in [-0.2, -0.15) is 0 Å². The van der Waals surface area contributed by atoms with E-state index in [1.807, 2.05) is 0 Å². The summed E-state index contributed by atoms with van der Waals surface area (Å²) < 4.78 is 36.6. The van der Waals surface area contributed by atoms with Crippen molar-refractivity contribution in [2.75, 3.05) is 7.11 Å². The molecule has 0 spiro atoms. The maximum atomic E-state index is 13.3. The van der Waals surface area contributed by atoms with Gasteiger partial charge in [-0.15, -0.1) is 0 Å². The van der Waals surface area contributed by atoms with Crippen molar-refractivity contribution in [3.05, 3.63) is 0 Å². The number of methoxy groups -OCH3 is 1. The van der Waals surface area contributed by atoms with Gasteiger partial charge in [-0.25, -0.2) is 18.4 Å². The number of alkyl halides is 2. The van der Waals surface area contributed by atoms with Crippen LogP contribution in [-0.4, -0.2) is 47.7 Å². The van der Waals surface area contributed by atoms with E-state index in [9.17, 15) is 18.4 Å². The van der Waals surface area contributed by atoms with Gasteiger partial charge in [-0.05, 0) is 40.5 Å². The fraction of sp³-hybridized carbons (Fsp3) is 0.867. The number of halogens is 2. The molecule has 7 heteroatoms. The van der Waals surface area contributed by atoms with Gasteiger partial charge in [0.2, 0.25) is 5.92 Å². The van der Waals surface area contributed by atoms with Gasteiger partial charge in [0.25, 0.3) is 0 Å². The third-order valence-electron chi connectivity index (χ3n) is 3.64. The summed E-state index contributed by atoms with van der Waals surface area (Å²) in [6.07, 6.45) is -1.02. The van der Waals surface area contributed by atoms with Crippen molar-refractivity contribution in [3.63, 3.8) is 0 Å². The van der Waals surface area contributed by atoms with E-state index < -0.39 is 35.7 Å². The lowest BCUT2D eigenvalue weighted by Gasteiger charge is -2.39. The highest BCUT2D eigenvalue weighted by Crippen LogP contribution is 2.36. The van der Waals surface area contributed by atoms with Gasteiger partial charge in [0.1, 0.15) is 11.6 Å². The molecule has 0 aromatic heterocycles. The first-order valence-electron chi connectivity index (χ1n) is 7.44. The minimum atomic E-state index is -2.70. The van der Waals surface area contributed by atoms with Crippen molar-refractivity contribution in [2.24, 2.45) is 0 Å². The van der Waals surface area contributed by atoms with Crippen LogP contribution in [0.1, 0.15) is 53.4 Å². The zero-order chi connectivity index (χ0) is 17.1. The second kappa shape index (κ2) is 6.79. The molecule has 0 bridgehead atoms. The predicted molar refractivity (Wildman–Crippen MR) is 76.8 cm³/mol. The van der Waals surface area contributed by atoms with Gasteiger partial charge >= 0.3 is 12.1 Å². The number of carbonyl (C=O) groups excluding carboxylic acids is 2. The fourth-order valence-electron chi connectivity index (χ4n) is 2.53. The predicted octanol–water partition coefficient (Wildman–Crippen LogP) is 3.36. The van der Waals surface area contributed by atoms with Crippen molar-refractivity contribution < 1.29 is 27.8 Å². The second-order valence-corrected chi connectivity index (χ2v) is 6.67. The highest BCUT2D eigenvalue weighted by molar-refractivity contribution is 5.81. The molecule has 0 aliphatic heterocycles. The molecular formula is C15H25F2NO4. The molecule has 0 heterocycles. The highest BCUT2D eigenvalue weighted by atomic mass is 19.3. The summed E-state index contributed by atoms with van der Waals surface area (Å²) in [4.78, 5) is 25.4. The number of nitrogens with zero attached hydrogens (tertiary/aromatic N) is 1. The molecule has 1 rings (SSSR count). The molecule has 0 aromatic carbocycles. The lowest BCUT2D eigenvalue weighted by molar-refractivity contribution is -0.148. The Morgan fingerprint density at radius 1 is 1.23 bits per heavy atom. The summed E-state index contributed by atoms with van der Waals surface area (Å²) in [5, 5.41) is 0. The van der Waals surface area contributed by atoms with Gasteiger partial charge in [0.15, 0.2) is 0 Å². The summed E-state index contributed by atoms with van der Waals surface area (Å²) in [7, 11) is 1.22. The molecule has 0 N–H and O–H groups in total. The SMILES string of the molecule is COC(=O)C(C)N(C(=O)OC(C)(C)C)C1CCC(F)(F)CC1. The number of amides is 1. The summed E-state index contributed by atoms with van der Waals surface area (Å²) in [6.45, 7) is 6.64. The van der Waals surface area contributed by atoms with Gasteiger partial charge in [-0.3, -0.25) is 4.90 Å². The van der Waals surface area contributed by atoms with Crippen LogP contribution in [0.3, 0.4) is 0 Å². The standard InChI is InChI=1S/C15H25F2NO4/c1-10(12(19)21-5)18(13(20)22-14(2,3)4)11-6-8-15(16,17)9-7-11/h10-11H,6-9H2,1-5H3. The number of esters is 1. The highest BCUT2D eigenvalue weighted by Gasteiger charge is 2.42. The molecule has 1 fully saturated rings. The maximum absolute atomic E-state index is 13.3. The molecule has 1 saturated carbocycles. The van der Waals surface area contributed by atoms with Crippen LogP contribution in [0.4, 0.5) is 13.6 Å². The van der Waals surface area contributed by atoms with Gasteiger partial charge in [0, 0.05) is 18.9 Å². The first-order valence-corrected chi connectivity index (χ1v) is 7.44. The minimum absolute atomic E-state index is 0.133. The van der Waals surface area contributed by atoms with Crippen LogP contribution in [-0.2, 0) is 14.3 Å². The van der Waals surface area contributed by atoms with E-state index in [1.54, 1.807) is 20.8 Å². The largest absolute Gasteiger partial charge is 0.467 e. The summed E-state index contributed by atoms with van der Waals surface area (Å²) >= 11 is 0. The molecule has 128 valence electrons. The third kappa shape index (κ3) is 5.10. The van der Waals surface area contributed by atoms with E-state index >= 15 is 0 Å². The zero-order valence-electron chi connectivity index (χ0n) is 13.8. The summed E-state index contributed by atoms with van der Waals surface area (Å²) in [6, 6.07) is -1.33. The normalized spacial score (nSPS) is 20.1. The lowest BCUT2D eigenvalue weighted by Crippen LogP contribution is -2.53. The monoisotopic (exact) mass is 321 g/mol. The van der Waals surface area contributed by atoms with E-state index in [-0.39, 0.29) is 25.7 Å². The van der Waals surface area contributed by atoms with Gasteiger partial charge in [0.05, 0.1) is 7.11 Å². The molecular weight excluding hydrogens is 296 g/mol. The third-order valence-corrected chi connectivity index (χ3v) is 3.64. The number of hydrogen-bond donors (Lipinski definition) is 0. The van der Waals surface area contributed by atoms with Crippen LogP contribution in [0.25, 0.3) is 0 Å². The molecule has 1 amide bonds. The number of hydrogen-bond acceptors (Lipinski definition) is 4. The maximum Gasteiger partial charge on any atom is 0.411 e. The number of rotatable bonds is 3. The van der Waals surface area contributed by atoms with Crippen molar-refractivity contribution in [1.29, 1.82) is 0 Å². The average Bonchev–Trinajstić information content (AvgIpc) is 2.37. The van der Waals surface area contributed by atoms with E-state index in [1.165, 1.54) is 18.9 Å². The zero-order valence-corrected chi connectivity index (χ0v) is 13.8. The molecule has 1 atom stereocenters. The Bertz CT molecular complexity index is 410. The Balaban J connectivity index is 2.92. The van der Waals surface area contributed by atoms with Crippen LogP contribution in [0.15, 0.2) is 0 Å². The Labute approximate surface area is 129 Å². The van der Waals surface area contributed by atoms with Crippen LogP contribution < -0.4 is 0 Å². The summed E-state index contributed by atoms with van der Waals surface area (Å²) in [5.74, 6) is -3.30. The van der Waals surface area contributed by atoms with Crippen LogP contribution in [0.2, 0.25) is 0 Å². The summed E-state index contributed by atoms with van der Waals surface area (Å²) in [5.41, 5.74) is -0.732. The molecule has 0 aromatic rings. The van der Waals surface area contributed by atoms with Gasteiger partial charge < -0.3 is 9.47 Å². The Kier molecular flexibility index (Phi) is 5.76. The number of ether oxygens (including phenoxy) is 2. The van der Waals surface area contributed by atoms with E-state index in [0.717, 1.165) is 0 Å². The Morgan fingerprint density at radius 2 is 1.73 bits per heavy atom. The van der Waals surface area contributed by atoms with Crippen LogP contribution in [0, 0.1) is 0 Å². The molecule has 1 aliphatic carbocycles. The van der Waals surface area contributed by atoms with Crippen molar-refractivity contribution in [3.8, 4) is 0 Å². The minimum Gasteiger partial charge on any atom is -0.467 e.